The van der Waals surface area contributed by atoms with Gasteiger partial charge in [-0.1, -0.05) is 20.8 Å². The van der Waals surface area contributed by atoms with E-state index in [2.05, 4.69) is 19.2 Å². The zero-order valence-electron chi connectivity index (χ0n) is 21.0. The summed E-state index contributed by atoms with van der Waals surface area (Å²) in [5, 5.41) is 14.9. The molecular formula is C27H40N2O5. The Balaban J connectivity index is 1.45. The zero-order chi connectivity index (χ0) is 24.5. The Labute approximate surface area is 203 Å². The van der Waals surface area contributed by atoms with Crippen LogP contribution < -0.4 is 10.1 Å². The highest BCUT2D eigenvalue weighted by molar-refractivity contribution is 5.94. The zero-order valence-corrected chi connectivity index (χ0v) is 21.0. The molecule has 0 radical (unpaired) electrons. The fraction of sp³-hybridized carbons (Fsp3) is 0.704. The Hall–Kier alpha value is -2.12. The largest absolute Gasteiger partial charge is 0.497 e. The van der Waals surface area contributed by atoms with Crippen LogP contribution in [-0.2, 0) is 9.53 Å². The molecule has 2 aliphatic carbocycles. The van der Waals surface area contributed by atoms with Crippen LogP contribution in [0.4, 0.5) is 0 Å². The lowest BCUT2D eigenvalue weighted by atomic mass is 9.51. The van der Waals surface area contributed by atoms with E-state index < -0.39 is 6.10 Å². The number of fused-ring (bicyclic) bond motifs is 1. The molecule has 0 bridgehead atoms. The molecule has 2 N–H and O–H groups in total. The smallest absolute Gasteiger partial charge is 0.251 e. The number of hydrogen-bond donors (Lipinski definition) is 2. The molecule has 34 heavy (non-hydrogen) atoms. The van der Waals surface area contributed by atoms with E-state index in [1.54, 1.807) is 31.4 Å². The van der Waals surface area contributed by atoms with Crippen LogP contribution in [0.2, 0.25) is 0 Å². The molecule has 7 nitrogen and oxygen atoms in total. The number of methoxy groups -OCH3 is 1. The number of nitrogens with zero attached hydrogens (tertiary/aromatic N) is 1. The third kappa shape index (κ3) is 4.82. The summed E-state index contributed by atoms with van der Waals surface area (Å²) < 4.78 is 10.6. The van der Waals surface area contributed by atoms with Crippen LogP contribution in [0.25, 0.3) is 0 Å². The first-order chi connectivity index (χ1) is 16.2. The van der Waals surface area contributed by atoms with Crippen LogP contribution in [0.1, 0.15) is 56.8 Å². The Kier molecular flexibility index (Phi) is 7.53. The molecule has 3 fully saturated rings. The average molecular weight is 473 g/mol. The van der Waals surface area contributed by atoms with Gasteiger partial charge in [-0.2, -0.15) is 0 Å². The molecular weight excluding hydrogens is 432 g/mol. The number of ether oxygens (including phenoxy) is 2. The summed E-state index contributed by atoms with van der Waals surface area (Å²) in [6.07, 6.45) is 3.17. The molecule has 2 amide bonds. The van der Waals surface area contributed by atoms with Gasteiger partial charge in [-0.05, 0) is 73.1 Å². The molecule has 2 saturated carbocycles. The van der Waals surface area contributed by atoms with E-state index in [1.165, 1.54) is 0 Å². The van der Waals surface area contributed by atoms with Crippen molar-refractivity contribution in [3.63, 3.8) is 0 Å². The van der Waals surface area contributed by atoms with Gasteiger partial charge in [0.1, 0.15) is 5.75 Å². The van der Waals surface area contributed by atoms with Gasteiger partial charge >= 0.3 is 0 Å². The minimum atomic E-state index is -0.561. The lowest BCUT2D eigenvalue weighted by molar-refractivity contribution is -0.153. The quantitative estimate of drug-likeness (QED) is 0.688. The topological polar surface area (TPSA) is 88.1 Å². The normalized spacial score (nSPS) is 34.6. The minimum absolute atomic E-state index is 0.00803. The van der Waals surface area contributed by atoms with E-state index in [4.69, 9.17) is 9.47 Å². The van der Waals surface area contributed by atoms with E-state index >= 15 is 0 Å². The Morgan fingerprint density at radius 3 is 2.47 bits per heavy atom. The molecule has 0 aromatic heterocycles. The summed E-state index contributed by atoms with van der Waals surface area (Å²) >= 11 is 0. The maximum absolute atomic E-state index is 13.2. The third-order valence-electron chi connectivity index (χ3n) is 8.91. The second kappa shape index (κ2) is 10.2. The number of benzene rings is 1. The van der Waals surface area contributed by atoms with Gasteiger partial charge in [0, 0.05) is 30.6 Å². The molecule has 3 aliphatic rings. The summed E-state index contributed by atoms with van der Waals surface area (Å²) in [5.74, 6) is 0.622. The molecule has 0 unspecified atom stereocenters. The van der Waals surface area contributed by atoms with Gasteiger partial charge in [-0.3, -0.25) is 9.59 Å². The van der Waals surface area contributed by atoms with E-state index in [9.17, 15) is 14.7 Å². The summed E-state index contributed by atoms with van der Waals surface area (Å²) in [5.41, 5.74) is 0.631. The molecule has 7 heteroatoms. The summed E-state index contributed by atoms with van der Waals surface area (Å²) in [7, 11) is 1.61. The first kappa shape index (κ1) is 25.0. The number of amides is 2. The monoisotopic (exact) mass is 472 g/mol. The molecule has 1 aromatic rings. The van der Waals surface area contributed by atoms with Crippen molar-refractivity contribution in [2.75, 3.05) is 33.4 Å². The van der Waals surface area contributed by atoms with Crippen LogP contribution in [0, 0.1) is 29.1 Å². The molecule has 1 heterocycles. The summed E-state index contributed by atoms with van der Waals surface area (Å²) in [4.78, 5) is 28.0. The summed E-state index contributed by atoms with van der Waals surface area (Å²) in [6, 6.07) is 7.12. The second-order valence-corrected chi connectivity index (χ2v) is 10.8. The number of morpholine rings is 1. The lowest BCUT2D eigenvalue weighted by Crippen LogP contribution is -2.59. The standard InChI is InChI=1S/C27H40N2O5/c1-17(26(32)29-13-15-34-16-14-29)21-9-11-27(3)12-10-22(18(2)23(27)24(21)30)28-25(31)19-5-7-20(33-4)8-6-19/h5-8,17-18,21-24,30H,9-16H2,1-4H3,(H,28,31)/t17-,18-,21-,22-,23+,24-,27+/m0/s1. The van der Waals surface area contributed by atoms with Crippen molar-refractivity contribution in [1.82, 2.24) is 10.2 Å². The van der Waals surface area contributed by atoms with Crippen molar-refractivity contribution in [3.05, 3.63) is 29.8 Å². The van der Waals surface area contributed by atoms with E-state index in [1.807, 2.05) is 11.8 Å². The maximum Gasteiger partial charge on any atom is 0.251 e. The molecule has 1 saturated heterocycles. The van der Waals surface area contributed by atoms with E-state index in [-0.39, 0.29) is 46.9 Å². The van der Waals surface area contributed by atoms with Crippen molar-refractivity contribution in [3.8, 4) is 5.75 Å². The lowest BCUT2D eigenvalue weighted by Gasteiger charge is -2.56. The number of aliphatic hydroxyl groups is 1. The molecule has 188 valence electrons. The van der Waals surface area contributed by atoms with Gasteiger partial charge in [0.2, 0.25) is 5.91 Å². The highest BCUT2D eigenvalue weighted by Gasteiger charge is 2.54. The van der Waals surface area contributed by atoms with Gasteiger partial charge in [0.05, 0.1) is 26.4 Å². The SMILES string of the molecule is COc1ccc(C(=O)N[C@H]2CC[C@@]3(C)CC[C@@H]([C@H](C)C(=O)N4CCOCC4)[C@H](O)[C@H]3[C@H]2C)cc1. The highest BCUT2D eigenvalue weighted by Crippen LogP contribution is 2.55. The second-order valence-electron chi connectivity index (χ2n) is 10.8. The van der Waals surface area contributed by atoms with Gasteiger partial charge < -0.3 is 24.8 Å². The van der Waals surface area contributed by atoms with E-state index in [0.717, 1.165) is 31.4 Å². The van der Waals surface area contributed by atoms with Crippen LogP contribution >= 0.6 is 0 Å². The number of hydrogen-bond acceptors (Lipinski definition) is 5. The van der Waals surface area contributed by atoms with Crippen molar-refractivity contribution in [2.45, 2.75) is 58.6 Å². The van der Waals surface area contributed by atoms with Gasteiger partial charge in [-0.15, -0.1) is 0 Å². The highest BCUT2D eigenvalue weighted by atomic mass is 16.5. The number of carbonyl (C=O) groups excluding carboxylic acids is 2. The number of nitrogens with one attached hydrogen (secondary N) is 1. The van der Waals surface area contributed by atoms with E-state index in [0.29, 0.717) is 31.9 Å². The van der Waals surface area contributed by atoms with Crippen molar-refractivity contribution in [2.24, 2.45) is 29.1 Å². The molecule has 0 spiro atoms. The average Bonchev–Trinajstić information content (AvgIpc) is 2.85. The van der Waals surface area contributed by atoms with Gasteiger partial charge in [-0.25, -0.2) is 0 Å². The van der Waals surface area contributed by atoms with Crippen molar-refractivity contribution >= 4 is 11.8 Å². The number of aliphatic hydroxyl groups excluding tert-OH is 1. The molecule has 7 atom stereocenters. The first-order valence-electron chi connectivity index (χ1n) is 12.7. The maximum atomic E-state index is 13.2. The summed E-state index contributed by atoms with van der Waals surface area (Å²) in [6.45, 7) is 8.83. The molecule has 1 aliphatic heterocycles. The van der Waals surface area contributed by atoms with Crippen LogP contribution in [0.3, 0.4) is 0 Å². The molecule has 4 rings (SSSR count). The number of rotatable bonds is 5. The van der Waals surface area contributed by atoms with Crippen molar-refractivity contribution in [1.29, 1.82) is 0 Å². The predicted molar refractivity (Wildman–Crippen MR) is 130 cm³/mol. The van der Waals surface area contributed by atoms with Gasteiger partial charge in [0.15, 0.2) is 0 Å². The Bertz CT molecular complexity index is 868. The van der Waals surface area contributed by atoms with Crippen molar-refractivity contribution < 1.29 is 24.2 Å². The molecule has 1 aromatic carbocycles. The Morgan fingerprint density at radius 2 is 1.82 bits per heavy atom. The van der Waals surface area contributed by atoms with Crippen LogP contribution in [0.15, 0.2) is 24.3 Å². The fourth-order valence-electron chi connectivity index (χ4n) is 6.75. The van der Waals surface area contributed by atoms with Crippen LogP contribution in [0.5, 0.6) is 5.75 Å². The third-order valence-corrected chi connectivity index (χ3v) is 8.91. The Morgan fingerprint density at radius 1 is 1.18 bits per heavy atom. The first-order valence-corrected chi connectivity index (χ1v) is 12.7. The predicted octanol–water partition coefficient (Wildman–Crippen LogP) is 3.11. The van der Waals surface area contributed by atoms with Crippen LogP contribution in [-0.4, -0.2) is 67.4 Å². The van der Waals surface area contributed by atoms with Gasteiger partial charge in [0.25, 0.3) is 5.91 Å². The number of carbonyl (C=O) groups is 2. The fourth-order valence-corrected chi connectivity index (χ4v) is 6.75. The minimum Gasteiger partial charge on any atom is -0.497 e.